The first-order valence-electron chi connectivity index (χ1n) is 6.13. The minimum Gasteiger partial charge on any atom is -0.339 e. The molecule has 0 spiro atoms. The lowest BCUT2D eigenvalue weighted by Gasteiger charge is -2.16. The highest BCUT2D eigenvalue weighted by molar-refractivity contribution is 5.85. The minimum atomic E-state index is 0. The van der Waals surface area contributed by atoms with Crippen LogP contribution >= 0.6 is 12.4 Å². The number of halogens is 1. The number of hydrogen-bond donors (Lipinski definition) is 1. The van der Waals surface area contributed by atoms with Crippen LogP contribution in [-0.2, 0) is 13.0 Å². The van der Waals surface area contributed by atoms with Crippen molar-refractivity contribution in [3.05, 3.63) is 11.7 Å². The van der Waals surface area contributed by atoms with Gasteiger partial charge in [-0.1, -0.05) is 12.1 Å². The van der Waals surface area contributed by atoms with Crippen molar-refractivity contribution >= 4 is 12.4 Å². The third kappa shape index (κ3) is 4.61. The zero-order valence-electron chi connectivity index (χ0n) is 10.3. The van der Waals surface area contributed by atoms with Crippen LogP contribution in [0.1, 0.15) is 31.5 Å². The fourth-order valence-corrected chi connectivity index (χ4v) is 1.93. The van der Waals surface area contributed by atoms with Crippen molar-refractivity contribution in [1.29, 1.82) is 0 Å². The molecule has 17 heavy (non-hydrogen) atoms. The summed E-state index contributed by atoms with van der Waals surface area (Å²) in [5.74, 6) is 1.59. The van der Waals surface area contributed by atoms with Crippen LogP contribution in [0.2, 0.25) is 0 Å². The highest BCUT2D eigenvalue weighted by atomic mass is 35.5. The minimum absolute atomic E-state index is 0. The molecule has 0 radical (unpaired) electrons. The van der Waals surface area contributed by atoms with Gasteiger partial charge in [0.1, 0.15) is 0 Å². The number of hydrogen-bond acceptors (Lipinski definition) is 5. The summed E-state index contributed by atoms with van der Waals surface area (Å²) in [5, 5.41) is 7.39. The van der Waals surface area contributed by atoms with Gasteiger partial charge in [-0.2, -0.15) is 4.98 Å². The van der Waals surface area contributed by atoms with Crippen molar-refractivity contribution in [3.8, 4) is 0 Å². The van der Waals surface area contributed by atoms with Crippen LogP contribution in [0, 0.1) is 0 Å². The van der Waals surface area contributed by atoms with E-state index in [9.17, 15) is 0 Å². The second-order valence-corrected chi connectivity index (χ2v) is 4.23. The van der Waals surface area contributed by atoms with E-state index in [0.717, 1.165) is 57.3 Å². The normalized spacial score (nSPS) is 17.5. The summed E-state index contributed by atoms with van der Waals surface area (Å²) in [6, 6.07) is 0. The maximum atomic E-state index is 5.17. The Morgan fingerprint density at radius 1 is 1.35 bits per heavy atom. The molecule has 5 nitrogen and oxygen atoms in total. The molecule has 1 aromatic rings. The van der Waals surface area contributed by atoms with Crippen LogP contribution in [0.3, 0.4) is 0 Å². The molecule has 2 rings (SSSR count). The largest absolute Gasteiger partial charge is 0.339 e. The summed E-state index contributed by atoms with van der Waals surface area (Å²) >= 11 is 0. The van der Waals surface area contributed by atoms with Crippen LogP contribution in [0.5, 0.6) is 0 Å². The Morgan fingerprint density at radius 3 is 3.06 bits per heavy atom. The standard InChI is InChI=1S/C11H20N4O.ClH/c1-2-4-11-13-10(14-16-11)9-15-7-3-5-12-6-8-15;/h12H,2-9H2,1H3;1H. The third-order valence-electron chi connectivity index (χ3n) is 2.77. The summed E-state index contributed by atoms with van der Waals surface area (Å²) in [6.45, 7) is 7.28. The molecule has 0 amide bonds. The van der Waals surface area contributed by atoms with Crippen LogP contribution in [0.15, 0.2) is 4.52 Å². The maximum absolute atomic E-state index is 5.17. The van der Waals surface area contributed by atoms with Crippen LogP contribution < -0.4 is 5.32 Å². The smallest absolute Gasteiger partial charge is 0.226 e. The van der Waals surface area contributed by atoms with Crippen molar-refractivity contribution in [2.45, 2.75) is 32.7 Å². The summed E-state index contributed by atoms with van der Waals surface area (Å²) in [7, 11) is 0. The van der Waals surface area contributed by atoms with Gasteiger partial charge in [-0.15, -0.1) is 12.4 Å². The molecule has 1 aliphatic rings. The predicted molar refractivity (Wildman–Crippen MR) is 68.3 cm³/mol. The molecule has 1 fully saturated rings. The van der Waals surface area contributed by atoms with Crippen LogP contribution in [-0.4, -0.2) is 41.2 Å². The van der Waals surface area contributed by atoms with Gasteiger partial charge in [0, 0.05) is 19.5 Å². The number of nitrogens with zero attached hydrogens (tertiary/aromatic N) is 3. The van der Waals surface area contributed by atoms with E-state index in [1.54, 1.807) is 0 Å². The lowest BCUT2D eigenvalue weighted by atomic mass is 10.3. The molecule has 0 atom stereocenters. The molecule has 2 heterocycles. The van der Waals surface area contributed by atoms with Crippen molar-refractivity contribution in [1.82, 2.24) is 20.4 Å². The van der Waals surface area contributed by atoms with E-state index in [4.69, 9.17) is 4.52 Å². The van der Waals surface area contributed by atoms with E-state index in [-0.39, 0.29) is 12.4 Å². The average molecular weight is 261 g/mol. The van der Waals surface area contributed by atoms with E-state index in [0.29, 0.717) is 0 Å². The van der Waals surface area contributed by atoms with Crippen LogP contribution in [0.25, 0.3) is 0 Å². The summed E-state index contributed by atoms with van der Waals surface area (Å²) in [4.78, 5) is 6.76. The molecule has 98 valence electrons. The Hall–Kier alpha value is -0.650. The van der Waals surface area contributed by atoms with Gasteiger partial charge in [0.2, 0.25) is 5.89 Å². The molecule has 0 aromatic carbocycles. The second-order valence-electron chi connectivity index (χ2n) is 4.23. The van der Waals surface area contributed by atoms with Crippen molar-refractivity contribution in [2.24, 2.45) is 0 Å². The number of rotatable bonds is 4. The lowest BCUT2D eigenvalue weighted by Crippen LogP contribution is -2.28. The summed E-state index contributed by atoms with van der Waals surface area (Å²) in [6.07, 6.45) is 3.13. The first-order chi connectivity index (χ1) is 7.88. The zero-order valence-corrected chi connectivity index (χ0v) is 11.1. The topological polar surface area (TPSA) is 54.2 Å². The molecular weight excluding hydrogens is 240 g/mol. The van der Waals surface area contributed by atoms with E-state index in [2.05, 4.69) is 27.3 Å². The number of aromatic nitrogens is 2. The van der Waals surface area contributed by atoms with Gasteiger partial charge in [0.05, 0.1) is 6.54 Å². The zero-order chi connectivity index (χ0) is 11.2. The van der Waals surface area contributed by atoms with Gasteiger partial charge >= 0.3 is 0 Å². The molecule has 1 aliphatic heterocycles. The molecular formula is C11H21ClN4O. The molecule has 1 saturated heterocycles. The average Bonchev–Trinajstić information content (AvgIpc) is 2.56. The van der Waals surface area contributed by atoms with Crippen molar-refractivity contribution in [3.63, 3.8) is 0 Å². The van der Waals surface area contributed by atoms with Gasteiger partial charge in [-0.05, 0) is 25.9 Å². The van der Waals surface area contributed by atoms with E-state index < -0.39 is 0 Å². The van der Waals surface area contributed by atoms with Crippen molar-refractivity contribution < 1.29 is 4.52 Å². The van der Waals surface area contributed by atoms with Crippen molar-refractivity contribution in [2.75, 3.05) is 26.2 Å². The predicted octanol–water partition coefficient (Wildman–Crippen LogP) is 1.24. The molecule has 6 heteroatoms. The van der Waals surface area contributed by atoms with E-state index >= 15 is 0 Å². The molecule has 1 aromatic heterocycles. The molecule has 0 aliphatic carbocycles. The Morgan fingerprint density at radius 2 is 2.24 bits per heavy atom. The molecule has 0 unspecified atom stereocenters. The van der Waals surface area contributed by atoms with E-state index in [1.165, 1.54) is 6.42 Å². The SMILES string of the molecule is CCCc1nc(CN2CCCNCC2)no1.Cl. The fraction of sp³-hybridized carbons (Fsp3) is 0.818. The number of nitrogens with one attached hydrogen (secondary N) is 1. The van der Waals surface area contributed by atoms with Gasteiger partial charge in [-0.3, -0.25) is 4.90 Å². The van der Waals surface area contributed by atoms with E-state index in [1.807, 2.05) is 0 Å². The Balaban J connectivity index is 0.00000144. The Bertz CT molecular complexity index is 310. The highest BCUT2D eigenvalue weighted by Gasteiger charge is 2.12. The van der Waals surface area contributed by atoms with Gasteiger partial charge < -0.3 is 9.84 Å². The molecule has 0 bridgehead atoms. The second kappa shape index (κ2) is 7.63. The van der Waals surface area contributed by atoms with Gasteiger partial charge in [0.15, 0.2) is 5.82 Å². The third-order valence-corrected chi connectivity index (χ3v) is 2.77. The van der Waals surface area contributed by atoms with Crippen LogP contribution in [0.4, 0.5) is 0 Å². The lowest BCUT2D eigenvalue weighted by molar-refractivity contribution is 0.270. The molecule has 0 saturated carbocycles. The molecule has 1 N–H and O–H groups in total. The summed E-state index contributed by atoms with van der Waals surface area (Å²) in [5.41, 5.74) is 0. The van der Waals surface area contributed by atoms with Gasteiger partial charge in [0.25, 0.3) is 0 Å². The number of aryl methyl sites for hydroxylation is 1. The first-order valence-corrected chi connectivity index (χ1v) is 6.13. The highest BCUT2D eigenvalue weighted by Crippen LogP contribution is 2.05. The monoisotopic (exact) mass is 260 g/mol. The van der Waals surface area contributed by atoms with Gasteiger partial charge in [-0.25, -0.2) is 0 Å². The summed E-state index contributed by atoms with van der Waals surface area (Å²) < 4.78 is 5.17. The maximum Gasteiger partial charge on any atom is 0.226 e. The Labute approximate surface area is 108 Å². The quantitative estimate of drug-likeness (QED) is 0.883. The Kier molecular flexibility index (Phi) is 6.47. The first kappa shape index (κ1) is 14.4. The fourth-order valence-electron chi connectivity index (χ4n) is 1.93.